The quantitative estimate of drug-likeness (QED) is 0.266. The van der Waals surface area contributed by atoms with Gasteiger partial charge in [-0.3, -0.25) is 29.3 Å². The van der Waals surface area contributed by atoms with Gasteiger partial charge in [-0.05, 0) is 42.8 Å². The third-order valence-corrected chi connectivity index (χ3v) is 7.04. The Labute approximate surface area is 246 Å². The molecule has 1 fully saturated rings. The van der Waals surface area contributed by atoms with Crippen molar-refractivity contribution in [1.82, 2.24) is 15.1 Å². The van der Waals surface area contributed by atoms with Crippen molar-refractivity contribution in [2.24, 2.45) is 0 Å². The number of aliphatic carboxylic acids is 1. The number of hydrogen-bond acceptors (Lipinski definition) is 8. The number of aryl methyl sites for hydroxylation is 1. The number of carboxylic acid groups (broad SMARTS) is 1. The number of benzene rings is 3. The lowest BCUT2D eigenvalue weighted by Crippen LogP contribution is -2.54. The van der Waals surface area contributed by atoms with E-state index in [9.17, 15) is 34.4 Å². The van der Waals surface area contributed by atoms with E-state index >= 15 is 0 Å². The largest absolute Gasteiger partial charge is 0.493 e. The molecule has 0 spiro atoms. The van der Waals surface area contributed by atoms with Gasteiger partial charge in [-0.25, -0.2) is 0 Å². The molecule has 1 heterocycles. The number of nitrogens with zero attached hydrogens (tertiary/aromatic N) is 3. The fraction of sp³-hybridized carbons (Fsp3) is 0.267. The molecule has 13 heteroatoms. The van der Waals surface area contributed by atoms with E-state index in [2.05, 4.69) is 5.32 Å². The highest BCUT2D eigenvalue weighted by Crippen LogP contribution is 2.30. The van der Waals surface area contributed by atoms with Crippen molar-refractivity contribution < 1.29 is 38.7 Å². The van der Waals surface area contributed by atoms with Gasteiger partial charge in [0.1, 0.15) is 0 Å². The Morgan fingerprint density at radius 2 is 1.53 bits per heavy atom. The molecule has 43 heavy (non-hydrogen) atoms. The Hall–Kier alpha value is -5.46. The molecule has 2 unspecified atom stereocenters. The topological polar surface area (TPSA) is 169 Å². The number of nitro benzene ring substituents is 1. The first-order valence-electron chi connectivity index (χ1n) is 13.2. The highest BCUT2D eigenvalue weighted by atomic mass is 16.6. The Morgan fingerprint density at radius 3 is 2.12 bits per heavy atom. The molecule has 0 saturated carbocycles. The Balaban J connectivity index is 1.72. The van der Waals surface area contributed by atoms with E-state index in [0.29, 0.717) is 11.3 Å². The third-order valence-electron chi connectivity index (χ3n) is 7.04. The summed E-state index contributed by atoms with van der Waals surface area (Å²) in [6.45, 7) is 1.88. The SMILES string of the molecule is COc1ccc(C(=O)N2CCN(C(=O)c3ccc(C)cc3)C2C(=O)NC(CC(=O)O)c2cccc([N+](=O)[O-])c2)cc1OC. The van der Waals surface area contributed by atoms with E-state index in [0.717, 1.165) is 5.56 Å². The van der Waals surface area contributed by atoms with Crippen molar-refractivity contribution in [2.75, 3.05) is 27.3 Å². The summed E-state index contributed by atoms with van der Waals surface area (Å²) in [5, 5.41) is 23.5. The first kappa shape index (κ1) is 30.5. The number of carbonyl (C=O) groups excluding carboxylic acids is 3. The standard InChI is InChI=1S/C30H30N4O9/c1-18-7-9-19(10-8-18)29(38)32-13-14-33(30(39)21-11-12-24(42-2)25(16-21)43-3)28(32)27(37)31-23(17-26(35)36)20-5-4-6-22(15-20)34(40)41/h4-12,15-16,23,28H,13-14,17H2,1-3H3,(H,31,37)(H,35,36). The van der Waals surface area contributed by atoms with Crippen LogP contribution in [-0.4, -0.2) is 77.0 Å². The predicted octanol–water partition coefficient (Wildman–Crippen LogP) is 3.18. The minimum absolute atomic E-state index is 0.00325. The Morgan fingerprint density at radius 1 is 0.930 bits per heavy atom. The van der Waals surface area contributed by atoms with Crippen LogP contribution in [0.5, 0.6) is 11.5 Å². The van der Waals surface area contributed by atoms with Crippen molar-refractivity contribution in [1.29, 1.82) is 0 Å². The summed E-state index contributed by atoms with van der Waals surface area (Å²) in [7, 11) is 2.86. The van der Waals surface area contributed by atoms with Gasteiger partial charge < -0.3 is 29.7 Å². The summed E-state index contributed by atoms with van der Waals surface area (Å²) < 4.78 is 10.6. The van der Waals surface area contributed by atoms with Crippen molar-refractivity contribution >= 4 is 29.4 Å². The number of carbonyl (C=O) groups is 4. The molecule has 0 bridgehead atoms. The molecule has 1 aliphatic heterocycles. The summed E-state index contributed by atoms with van der Waals surface area (Å²) in [5.41, 5.74) is 1.28. The molecule has 0 radical (unpaired) electrons. The maximum Gasteiger partial charge on any atom is 0.305 e. The van der Waals surface area contributed by atoms with Crippen LogP contribution in [0.2, 0.25) is 0 Å². The van der Waals surface area contributed by atoms with Gasteiger partial charge in [0.2, 0.25) is 0 Å². The van der Waals surface area contributed by atoms with Crippen LogP contribution in [0.3, 0.4) is 0 Å². The lowest BCUT2D eigenvalue weighted by molar-refractivity contribution is -0.384. The van der Waals surface area contributed by atoms with Crippen molar-refractivity contribution in [3.8, 4) is 11.5 Å². The molecule has 1 saturated heterocycles. The number of nitro groups is 1. The van der Waals surface area contributed by atoms with E-state index in [1.165, 1.54) is 66.5 Å². The van der Waals surface area contributed by atoms with Gasteiger partial charge >= 0.3 is 5.97 Å². The van der Waals surface area contributed by atoms with Crippen LogP contribution >= 0.6 is 0 Å². The van der Waals surface area contributed by atoms with Crippen molar-refractivity contribution in [3.63, 3.8) is 0 Å². The van der Waals surface area contributed by atoms with Crippen molar-refractivity contribution in [3.05, 3.63) is 99.1 Å². The highest BCUT2D eigenvalue weighted by Gasteiger charge is 2.44. The van der Waals surface area contributed by atoms with Crippen LogP contribution in [0.15, 0.2) is 66.7 Å². The second-order valence-electron chi connectivity index (χ2n) is 9.82. The normalized spacial score (nSPS) is 15.0. The maximum atomic E-state index is 13.9. The number of amides is 3. The van der Waals surface area contributed by atoms with Gasteiger partial charge in [0, 0.05) is 36.3 Å². The van der Waals surface area contributed by atoms with Crippen LogP contribution in [-0.2, 0) is 9.59 Å². The minimum Gasteiger partial charge on any atom is -0.493 e. The van der Waals surface area contributed by atoms with E-state index in [4.69, 9.17) is 9.47 Å². The van der Waals surface area contributed by atoms with Crippen LogP contribution in [0, 0.1) is 17.0 Å². The second kappa shape index (κ2) is 13.0. The van der Waals surface area contributed by atoms with Crippen molar-refractivity contribution in [2.45, 2.75) is 25.6 Å². The van der Waals surface area contributed by atoms with Gasteiger partial charge in [0.25, 0.3) is 23.4 Å². The summed E-state index contributed by atoms with van der Waals surface area (Å²) >= 11 is 0. The van der Waals surface area contributed by atoms with Crippen LogP contribution < -0.4 is 14.8 Å². The molecule has 2 N–H and O–H groups in total. The first-order valence-corrected chi connectivity index (χ1v) is 13.2. The lowest BCUT2D eigenvalue weighted by atomic mass is 10.0. The van der Waals surface area contributed by atoms with Gasteiger partial charge in [0.15, 0.2) is 17.7 Å². The molecule has 2 atom stereocenters. The zero-order chi connectivity index (χ0) is 31.3. The summed E-state index contributed by atoms with van der Waals surface area (Å²) in [6.07, 6.45) is -2.06. The van der Waals surface area contributed by atoms with Crippen LogP contribution in [0.1, 0.15) is 44.3 Å². The van der Waals surface area contributed by atoms with Gasteiger partial charge in [0.05, 0.1) is 31.6 Å². The monoisotopic (exact) mass is 590 g/mol. The predicted molar refractivity (Wildman–Crippen MR) is 153 cm³/mol. The molecule has 224 valence electrons. The summed E-state index contributed by atoms with van der Waals surface area (Å²) in [5.74, 6) is -2.51. The smallest absolute Gasteiger partial charge is 0.305 e. The van der Waals surface area contributed by atoms with E-state index < -0.39 is 47.2 Å². The molecule has 4 rings (SSSR count). The molecule has 3 aromatic rings. The third kappa shape index (κ3) is 6.72. The number of hydrogen-bond donors (Lipinski definition) is 2. The van der Waals surface area contributed by atoms with Gasteiger partial charge in [-0.2, -0.15) is 0 Å². The molecule has 0 aliphatic carbocycles. The lowest BCUT2D eigenvalue weighted by Gasteiger charge is -2.31. The first-order chi connectivity index (χ1) is 20.5. The van der Waals surface area contributed by atoms with E-state index in [-0.39, 0.29) is 35.7 Å². The zero-order valence-corrected chi connectivity index (χ0v) is 23.7. The molecular formula is C30H30N4O9. The number of carboxylic acids is 1. The molecular weight excluding hydrogens is 560 g/mol. The average molecular weight is 591 g/mol. The number of methoxy groups -OCH3 is 2. The van der Waals surface area contributed by atoms with Gasteiger partial charge in [-0.15, -0.1) is 0 Å². The fourth-order valence-electron chi connectivity index (χ4n) is 4.86. The molecule has 3 amide bonds. The Bertz CT molecular complexity index is 1560. The van der Waals surface area contributed by atoms with E-state index in [1.54, 1.807) is 24.3 Å². The zero-order valence-electron chi connectivity index (χ0n) is 23.7. The highest BCUT2D eigenvalue weighted by molar-refractivity contribution is 6.02. The number of rotatable bonds is 10. The second-order valence-corrected chi connectivity index (χ2v) is 9.82. The molecule has 0 aromatic heterocycles. The average Bonchev–Trinajstić information content (AvgIpc) is 3.45. The van der Waals surface area contributed by atoms with Crippen LogP contribution in [0.4, 0.5) is 5.69 Å². The number of ether oxygens (including phenoxy) is 2. The van der Waals surface area contributed by atoms with Gasteiger partial charge in [-0.1, -0.05) is 29.8 Å². The Kier molecular flexibility index (Phi) is 9.23. The summed E-state index contributed by atoms with van der Waals surface area (Å²) in [6, 6.07) is 15.3. The number of non-ortho nitro benzene ring substituents is 1. The fourth-order valence-corrected chi connectivity index (χ4v) is 4.86. The molecule has 13 nitrogen and oxygen atoms in total. The molecule has 3 aromatic carbocycles. The maximum absolute atomic E-state index is 13.9. The summed E-state index contributed by atoms with van der Waals surface area (Å²) in [4.78, 5) is 66.2. The minimum atomic E-state index is -1.45. The molecule has 1 aliphatic rings. The van der Waals surface area contributed by atoms with E-state index in [1.807, 2.05) is 6.92 Å². The number of nitrogens with one attached hydrogen (secondary N) is 1. The van der Waals surface area contributed by atoms with Crippen LogP contribution in [0.25, 0.3) is 0 Å².